The van der Waals surface area contributed by atoms with Crippen LogP contribution in [-0.2, 0) is 16.6 Å². The Balaban J connectivity index is 1.41. The van der Waals surface area contributed by atoms with Crippen LogP contribution in [0.4, 0.5) is 0 Å². The Labute approximate surface area is 153 Å². The number of imidazole rings is 1. The molecule has 136 valence electrons. The molecule has 3 aromatic rings. The fourth-order valence-corrected chi connectivity index (χ4v) is 4.77. The number of pyridine rings is 1. The number of aromatic nitrogens is 2. The predicted molar refractivity (Wildman–Crippen MR) is 100 cm³/mol. The summed E-state index contributed by atoms with van der Waals surface area (Å²) in [6.07, 6.45) is 4.12. The van der Waals surface area contributed by atoms with Gasteiger partial charge < -0.3 is 4.40 Å². The lowest BCUT2D eigenvalue weighted by Gasteiger charge is -2.33. The van der Waals surface area contributed by atoms with E-state index < -0.39 is 10.0 Å². The highest BCUT2D eigenvalue weighted by atomic mass is 32.2. The summed E-state index contributed by atoms with van der Waals surface area (Å²) >= 11 is 0. The molecule has 4 rings (SSSR count). The summed E-state index contributed by atoms with van der Waals surface area (Å²) in [5.41, 5.74) is 3.15. The summed E-state index contributed by atoms with van der Waals surface area (Å²) in [6.45, 7) is 5.22. The zero-order valence-corrected chi connectivity index (χ0v) is 15.6. The van der Waals surface area contributed by atoms with Gasteiger partial charge in [0.15, 0.2) is 0 Å². The number of rotatable bonds is 4. The highest BCUT2D eigenvalue weighted by Crippen LogP contribution is 2.18. The molecule has 1 fully saturated rings. The highest BCUT2D eigenvalue weighted by Gasteiger charge is 2.28. The average molecular weight is 370 g/mol. The van der Waals surface area contributed by atoms with Crippen LogP contribution in [0.2, 0.25) is 0 Å². The SMILES string of the molecule is Cc1ccc2nc(CN3CCN(S(=O)(=O)c4ccccc4)CC3)cn2c1. The number of aryl methyl sites for hydroxylation is 1. The largest absolute Gasteiger partial charge is 0.307 e. The van der Waals surface area contributed by atoms with Gasteiger partial charge in [-0.1, -0.05) is 24.3 Å². The van der Waals surface area contributed by atoms with Crippen molar-refractivity contribution < 1.29 is 8.42 Å². The van der Waals surface area contributed by atoms with Gasteiger partial charge in [0.1, 0.15) is 5.65 Å². The van der Waals surface area contributed by atoms with Crippen molar-refractivity contribution in [1.82, 2.24) is 18.6 Å². The molecule has 6 nitrogen and oxygen atoms in total. The monoisotopic (exact) mass is 370 g/mol. The molecule has 1 aliphatic rings. The summed E-state index contributed by atoms with van der Waals surface area (Å²) in [4.78, 5) is 7.27. The number of sulfonamides is 1. The van der Waals surface area contributed by atoms with E-state index in [2.05, 4.69) is 35.3 Å². The quantitative estimate of drug-likeness (QED) is 0.706. The maximum Gasteiger partial charge on any atom is 0.243 e. The minimum absolute atomic E-state index is 0.365. The maximum atomic E-state index is 12.7. The Bertz CT molecular complexity index is 1010. The zero-order chi connectivity index (χ0) is 18.1. The Morgan fingerprint density at radius 1 is 0.962 bits per heavy atom. The van der Waals surface area contributed by atoms with Crippen LogP contribution in [0.15, 0.2) is 59.8 Å². The molecule has 0 atom stereocenters. The first kappa shape index (κ1) is 17.2. The van der Waals surface area contributed by atoms with Crippen LogP contribution in [-0.4, -0.2) is 53.2 Å². The van der Waals surface area contributed by atoms with Gasteiger partial charge in [0.25, 0.3) is 0 Å². The first-order valence-corrected chi connectivity index (χ1v) is 10.2. The molecule has 0 bridgehead atoms. The van der Waals surface area contributed by atoms with Gasteiger partial charge in [-0.05, 0) is 30.7 Å². The van der Waals surface area contributed by atoms with Gasteiger partial charge in [0.2, 0.25) is 10.0 Å². The second-order valence-electron chi connectivity index (χ2n) is 6.70. The molecule has 1 aliphatic heterocycles. The second-order valence-corrected chi connectivity index (χ2v) is 8.64. The van der Waals surface area contributed by atoms with Crippen molar-refractivity contribution >= 4 is 15.7 Å². The molecule has 7 heteroatoms. The van der Waals surface area contributed by atoms with E-state index in [0.29, 0.717) is 31.1 Å². The number of benzene rings is 1. The second kappa shape index (κ2) is 6.83. The third-order valence-electron chi connectivity index (χ3n) is 4.75. The number of piperazine rings is 1. The van der Waals surface area contributed by atoms with E-state index in [9.17, 15) is 8.42 Å². The summed E-state index contributed by atoms with van der Waals surface area (Å²) in [7, 11) is -3.40. The minimum Gasteiger partial charge on any atom is -0.307 e. The maximum absolute atomic E-state index is 12.7. The van der Waals surface area contributed by atoms with Crippen molar-refractivity contribution in [3.63, 3.8) is 0 Å². The fourth-order valence-electron chi connectivity index (χ4n) is 3.33. The van der Waals surface area contributed by atoms with Gasteiger partial charge in [-0.2, -0.15) is 4.31 Å². The number of nitrogens with zero attached hydrogens (tertiary/aromatic N) is 4. The van der Waals surface area contributed by atoms with Gasteiger partial charge in [-0.15, -0.1) is 0 Å². The highest BCUT2D eigenvalue weighted by molar-refractivity contribution is 7.89. The third kappa shape index (κ3) is 3.38. The molecule has 1 aromatic carbocycles. The van der Waals surface area contributed by atoms with Gasteiger partial charge in [-0.25, -0.2) is 13.4 Å². The minimum atomic E-state index is -3.40. The first-order valence-electron chi connectivity index (χ1n) is 8.74. The van der Waals surface area contributed by atoms with E-state index in [-0.39, 0.29) is 0 Å². The van der Waals surface area contributed by atoms with Gasteiger partial charge in [0, 0.05) is 45.1 Å². The molecule has 0 unspecified atom stereocenters. The molecule has 26 heavy (non-hydrogen) atoms. The third-order valence-corrected chi connectivity index (χ3v) is 6.66. The van der Waals surface area contributed by atoms with Crippen LogP contribution in [0.3, 0.4) is 0 Å². The topological polar surface area (TPSA) is 57.9 Å². The average Bonchev–Trinajstić information content (AvgIpc) is 3.04. The van der Waals surface area contributed by atoms with Crippen LogP contribution in [0, 0.1) is 6.92 Å². The summed E-state index contributed by atoms with van der Waals surface area (Å²) in [5, 5.41) is 0. The Morgan fingerprint density at radius 3 is 2.42 bits per heavy atom. The van der Waals surface area contributed by atoms with E-state index in [0.717, 1.165) is 17.9 Å². The fraction of sp³-hybridized carbons (Fsp3) is 0.316. The van der Waals surface area contributed by atoms with Crippen molar-refractivity contribution in [3.05, 3.63) is 66.1 Å². The van der Waals surface area contributed by atoms with Crippen molar-refractivity contribution in [1.29, 1.82) is 0 Å². The van der Waals surface area contributed by atoms with Crippen LogP contribution in [0.25, 0.3) is 5.65 Å². The lowest BCUT2D eigenvalue weighted by molar-refractivity contribution is 0.180. The van der Waals surface area contributed by atoms with E-state index >= 15 is 0 Å². The first-order chi connectivity index (χ1) is 12.5. The van der Waals surface area contributed by atoms with E-state index in [4.69, 9.17) is 0 Å². The molecular weight excluding hydrogens is 348 g/mol. The van der Waals surface area contributed by atoms with Crippen molar-refractivity contribution in [3.8, 4) is 0 Å². The van der Waals surface area contributed by atoms with Gasteiger partial charge >= 0.3 is 0 Å². The molecule has 3 heterocycles. The number of hydrogen-bond donors (Lipinski definition) is 0. The summed E-state index contributed by atoms with van der Waals surface area (Å²) in [6, 6.07) is 12.7. The van der Waals surface area contributed by atoms with Gasteiger partial charge in [-0.3, -0.25) is 4.90 Å². The summed E-state index contributed by atoms with van der Waals surface area (Å²) in [5.74, 6) is 0. The predicted octanol–water partition coefficient (Wildman–Crippen LogP) is 2.15. The van der Waals surface area contributed by atoms with Crippen LogP contribution in [0.5, 0.6) is 0 Å². The summed E-state index contributed by atoms with van der Waals surface area (Å²) < 4.78 is 29.0. The number of fused-ring (bicyclic) bond motifs is 1. The Kier molecular flexibility index (Phi) is 4.52. The van der Waals surface area contributed by atoms with Crippen LogP contribution < -0.4 is 0 Å². The molecular formula is C19H22N4O2S. The smallest absolute Gasteiger partial charge is 0.243 e. The normalized spacial score (nSPS) is 17.0. The van der Waals surface area contributed by atoms with Crippen molar-refractivity contribution in [2.45, 2.75) is 18.4 Å². The molecule has 2 aromatic heterocycles. The molecule has 0 spiro atoms. The molecule has 1 saturated heterocycles. The lowest BCUT2D eigenvalue weighted by Crippen LogP contribution is -2.48. The molecule has 0 radical (unpaired) electrons. The van der Waals surface area contributed by atoms with Crippen molar-refractivity contribution in [2.24, 2.45) is 0 Å². The van der Waals surface area contributed by atoms with Crippen molar-refractivity contribution in [2.75, 3.05) is 26.2 Å². The zero-order valence-electron chi connectivity index (χ0n) is 14.7. The van der Waals surface area contributed by atoms with Crippen LogP contribution >= 0.6 is 0 Å². The standard InChI is InChI=1S/C19H22N4O2S/c1-16-7-8-19-20-17(15-22(19)13-16)14-21-9-11-23(12-10-21)26(24,25)18-5-3-2-4-6-18/h2-8,13,15H,9-12,14H2,1H3. The van der Waals surface area contributed by atoms with Gasteiger partial charge in [0.05, 0.1) is 10.6 Å². The Morgan fingerprint density at radius 2 is 1.69 bits per heavy atom. The Hall–Kier alpha value is -2.22. The van der Waals surface area contributed by atoms with Crippen LogP contribution in [0.1, 0.15) is 11.3 Å². The van der Waals surface area contributed by atoms with E-state index in [1.165, 1.54) is 5.56 Å². The van der Waals surface area contributed by atoms with E-state index in [1.807, 2.05) is 16.5 Å². The lowest BCUT2D eigenvalue weighted by atomic mass is 10.3. The molecule has 0 aliphatic carbocycles. The molecule has 0 saturated carbocycles. The number of hydrogen-bond acceptors (Lipinski definition) is 4. The molecule has 0 amide bonds. The van der Waals surface area contributed by atoms with E-state index in [1.54, 1.807) is 28.6 Å². The molecule has 0 N–H and O–H groups in total.